The predicted molar refractivity (Wildman–Crippen MR) is 146 cm³/mol. The van der Waals surface area contributed by atoms with Gasteiger partial charge in [0.2, 0.25) is 11.5 Å². The monoisotopic (exact) mass is 527 g/mol. The van der Waals surface area contributed by atoms with Gasteiger partial charge in [0.15, 0.2) is 5.71 Å². The number of Topliss-reactive ketones (excluding diaryl/α,β-unsaturated/α-hetero) is 1. The van der Waals surface area contributed by atoms with Gasteiger partial charge in [-0.2, -0.15) is 17.7 Å². The molecule has 4 nitrogen and oxygen atoms in total. The van der Waals surface area contributed by atoms with E-state index in [-0.39, 0.29) is 28.1 Å². The van der Waals surface area contributed by atoms with Gasteiger partial charge < -0.3 is 9.67 Å². The van der Waals surface area contributed by atoms with Gasteiger partial charge in [-0.25, -0.2) is 0 Å². The molecular weight excluding hydrogens is 501 g/mol. The smallest absolute Gasteiger partial charge is 0.416 e. The molecule has 0 saturated carbocycles. The summed E-state index contributed by atoms with van der Waals surface area (Å²) in [7, 11) is 1.94. The highest BCUT2D eigenvalue weighted by Crippen LogP contribution is 2.44. The third kappa shape index (κ3) is 3.67. The zero-order valence-electron chi connectivity index (χ0n) is 21.9. The Morgan fingerprint density at radius 3 is 2.38 bits per heavy atom. The molecule has 1 aromatic heterocycles. The van der Waals surface area contributed by atoms with E-state index in [1.54, 1.807) is 54.1 Å². The number of hydrogen-bond acceptors (Lipinski definition) is 2. The minimum atomic E-state index is -4.49. The van der Waals surface area contributed by atoms with E-state index in [1.807, 2.05) is 29.8 Å². The van der Waals surface area contributed by atoms with Crippen molar-refractivity contribution in [3.63, 3.8) is 0 Å². The fourth-order valence-corrected chi connectivity index (χ4v) is 5.86. The Hall–Kier alpha value is -4.39. The van der Waals surface area contributed by atoms with Gasteiger partial charge in [-0.15, -0.1) is 0 Å². The van der Waals surface area contributed by atoms with Crippen LogP contribution in [0.4, 0.5) is 18.9 Å². The summed E-state index contributed by atoms with van der Waals surface area (Å²) < 4.78 is 44.3. The van der Waals surface area contributed by atoms with E-state index in [2.05, 4.69) is 19.9 Å². The number of ketones is 1. The van der Waals surface area contributed by atoms with Crippen LogP contribution in [0.25, 0.3) is 22.2 Å². The molecule has 4 aromatic rings. The summed E-state index contributed by atoms with van der Waals surface area (Å²) in [6.45, 7) is 5.78. The summed E-state index contributed by atoms with van der Waals surface area (Å²) in [5, 5.41) is 11.8. The molecule has 2 aliphatic rings. The van der Waals surface area contributed by atoms with Crippen molar-refractivity contribution < 1.29 is 27.6 Å². The van der Waals surface area contributed by atoms with Crippen molar-refractivity contribution in [3.8, 4) is 5.69 Å². The molecule has 7 heteroatoms. The molecule has 1 aliphatic carbocycles. The van der Waals surface area contributed by atoms with E-state index in [1.165, 1.54) is 0 Å². The number of aromatic nitrogens is 1. The van der Waals surface area contributed by atoms with E-state index >= 15 is 0 Å². The molecule has 39 heavy (non-hydrogen) atoms. The molecule has 0 bridgehead atoms. The highest BCUT2D eigenvalue weighted by Gasteiger charge is 2.45. The minimum absolute atomic E-state index is 0.115. The topological polar surface area (TPSA) is 45.2 Å². The van der Waals surface area contributed by atoms with Crippen LogP contribution in [0, 0.1) is 6.92 Å². The normalized spacial score (nSPS) is 17.8. The Labute approximate surface area is 223 Å². The van der Waals surface area contributed by atoms with Gasteiger partial charge >= 0.3 is 6.18 Å². The number of fused-ring (bicyclic) bond motifs is 2. The first-order valence-electron chi connectivity index (χ1n) is 12.6. The lowest BCUT2D eigenvalue weighted by Crippen LogP contribution is -2.30. The van der Waals surface area contributed by atoms with Gasteiger partial charge in [-0.1, -0.05) is 36.4 Å². The number of halogens is 3. The average molecular weight is 528 g/mol. The molecule has 1 aliphatic heterocycles. The van der Waals surface area contributed by atoms with Crippen LogP contribution < -0.4 is 0 Å². The van der Waals surface area contributed by atoms with Crippen molar-refractivity contribution in [2.24, 2.45) is 0 Å². The molecule has 0 atom stereocenters. The second-order valence-corrected chi connectivity index (χ2v) is 10.7. The first-order chi connectivity index (χ1) is 18.4. The molecule has 2 heterocycles. The molecule has 0 radical (unpaired) electrons. The largest absolute Gasteiger partial charge is 0.506 e. The summed E-state index contributed by atoms with van der Waals surface area (Å²) in [6, 6.07) is 19.1. The molecule has 196 valence electrons. The Bertz CT molecular complexity index is 1820. The second-order valence-electron chi connectivity index (χ2n) is 10.7. The third-order valence-corrected chi connectivity index (χ3v) is 7.83. The van der Waals surface area contributed by atoms with E-state index in [0.717, 1.165) is 29.1 Å². The van der Waals surface area contributed by atoms with Crippen LogP contribution in [-0.4, -0.2) is 32.8 Å². The summed E-state index contributed by atoms with van der Waals surface area (Å²) >= 11 is 0. The standard InChI is InChI=1S/C32H25F3N2O2/c1-18-13-19(32(33,34)35)15-20(14-18)37-17-23(21-9-5-7-11-25(21)37)28-29(38)22(30(28)39)16-27-31(2,3)24-10-6-8-12-26(24)36(27)4/h5-17H,1-4H3/p+1. The average Bonchev–Trinajstić information content (AvgIpc) is 3.35. The lowest BCUT2D eigenvalue weighted by molar-refractivity contribution is -0.401. The molecule has 0 amide bonds. The Morgan fingerprint density at radius 1 is 1.00 bits per heavy atom. The molecule has 1 N–H and O–H groups in total. The van der Waals surface area contributed by atoms with Crippen LogP contribution in [0.2, 0.25) is 0 Å². The van der Waals surface area contributed by atoms with Gasteiger partial charge in [0.1, 0.15) is 12.8 Å². The fraction of sp³-hybridized carbons (Fsp3) is 0.188. The van der Waals surface area contributed by atoms with Crippen LogP contribution in [0.5, 0.6) is 0 Å². The maximum atomic E-state index is 13.6. The molecule has 0 spiro atoms. The number of nitrogens with zero attached hydrogens (tertiary/aromatic N) is 2. The lowest BCUT2D eigenvalue weighted by Gasteiger charge is -2.22. The Kier molecular flexibility index (Phi) is 5.31. The van der Waals surface area contributed by atoms with Crippen molar-refractivity contribution in [3.05, 3.63) is 113 Å². The number of carbonyl (C=O) groups excluding carboxylic acids is 1. The number of benzene rings is 3. The van der Waals surface area contributed by atoms with Gasteiger partial charge in [0, 0.05) is 40.5 Å². The highest BCUT2D eigenvalue weighted by atomic mass is 19.4. The van der Waals surface area contributed by atoms with Crippen molar-refractivity contribution in [1.82, 2.24) is 4.57 Å². The number of aliphatic hydroxyl groups is 1. The number of alkyl halides is 3. The van der Waals surface area contributed by atoms with Crippen molar-refractivity contribution in [1.29, 1.82) is 0 Å². The summed E-state index contributed by atoms with van der Waals surface area (Å²) in [4.78, 5) is 13.5. The van der Waals surface area contributed by atoms with Crippen LogP contribution in [0.15, 0.2) is 90.3 Å². The number of para-hydroxylation sites is 2. The SMILES string of the molecule is Cc1cc(-n2cc(C3=C(O)C(=CC4=[N+](C)c5ccccc5C4(C)C)C3=O)c3ccccc32)cc(C(F)(F)F)c1. The number of carbonyl (C=O) groups is 1. The molecule has 6 rings (SSSR count). The van der Waals surface area contributed by atoms with Crippen LogP contribution in [0.3, 0.4) is 0 Å². The van der Waals surface area contributed by atoms with E-state index in [0.29, 0.717) is 27.7 Å². The minimum Gasteiger partial charge on any atom is -0.506 e. The summed E-state index contributed by atoms with van der Waals surface area (Å²) in [6.07, 6.45) is -1.11. The van der Waals surface area contributed by atoms with Crippen LogP contribution >= 0.6 is 0 Å². The summed E-state index contributed by atoms with van der Waals surface area (Å²) in [5.41, 5.74) is 4.25. The highest BCUT2D eigenvalue weighted by molar-refractivity contribution is 6.41. The van der Waals surface area contributed by atoms with E-state index < -0.39 is 11.7 Å². The van der Waals surface area contributed by atoms with Gasteiger partial charge in [-0.3, -0.25) is 4.79 Å². The fourth-order valence-electron chi connectivity index (χ4n) is 5.86. The van der Waals surface area contributed by atoms with E-state index in [4.69, 9.17) is 0 Å². The molecular formula is C32H26F3N2O2+. The molecule has 0 fully saturated rings. The van der Waals surface area contributed by atoms with Crippen LogP contribution in [0.1, 0.15) is 36.1 Å². The first-order valence-corrected chi connectivity index (χ1v) is 12.6. The number of aliphatic hydroxyl groups excluding tert-OH is 1. The van der Waals surface area contributed by atoms with Crippen molar-refractivity contribution >= 4 is 33.7 Å². The van der Waals surface area contributed by atoms with Gasteiger partial charge in [-0.05, 0) is 50.6 Å². The molecule has 0 saturated heterocycles. The summed E-state index contributed by atoms with van der Waals surface area (Å²) in [5.74, 6) is -0.418. The maximum Gasteiger partial charge on any atom is 0.416 e. The molecule has 0 unspecified atom stereocenters. The molecule has 3 aromatic carbocycles. The number of rotatable bonds is 3. The number of hydrogen-bond donors (Lipinski definition) is 1. The third-order valence-electron chi connectivity index (χ3n) is 7.83. The maximum absolute atomic E-state index is 13.6. The first kappa shape index (κ1) is 24.9. The lowest BCUT2D eigenvalue weighted by atomic mass is 9.77. The predicted octanol–water partition coefficient (Wildman–Crippen LogP) is 7.44. The number of aryl methyl sites for hydroxylation is 1. The van der Waals surface area contributed by atoms with Crippen molar-refractivity contribution in [2.75, 3.05) is 7.05 Å². The second kappa shape index (κ2) is 8.30. The van der Waals surface area contributed by atoms with Gasteiger partial charge in [0.25, 0.3) is 0 Å². The van der Waals surface area contributed by atoms with Crippen molar-refractivity contribution in [2.45, 2.75) is 32.4 Å². The Balaban J connectivity index is 1.48. The van der Waals surface area contributed by atoms with Gasteiger partial charge in [0.05, 0.1) is 27.6 Å². The van der Waals surface area contributed by atoms with Crippen LogP contribution in [-0.2, 0) is 16.4 Å². The number of allylic oxidation sites excluding steroid dienone is 3. The zero-order chi connectivity index (χ0) is 27.9. The quantitative estimate of drug-likeness (QED) is 0.222. The zero-order valence-corrected chi connectivity index (χ0v) is 21.9. The Morgan fingerprint density at radius 2 is 1.69 bits per heavy atom. The van der Waals surface area contributed by atoms with E-state index in [9.17, 15) is 23.1 Å².